The molecule has 3 N–H and O–H groups in total. The minimum absolute atomic E-state index is 0.141. The van der Waals surface area contributed by atoms with E-state index in [0.717, 1.165) is 54.6 Å². The third-order valence-electron chi connectivity index (χ3n) is 5.82. The van der Waals surface area contributed by atoms with E-state index in [1.165, 1.54) is 16.8 Å². The number of rotatable bonds is 5. The molecule has 2 heterocycles. The highest BCUT2D eigenvalue weighted by Crippen LogP contribution is 2.38. The van der Waals surface area contributed by atoms with E-state index >= 15 is 0 Å². The number of methoxy groups -OCH3 is 1. The number of aromatic nitrogens is 2. The molecule has 28 heavy (non-hydrogen) atoms. The average molecular weight is 381 g/mol. The lowest BCUT2D eigenvalue weighted by Crippen LogP contribution is -2.19. The maximum absolute atomic E-state index is 12.3. The van der Waals surface area contributed by atoms with Gasteiger partial charge in [0, 0.05) is 55.0 Å². The molecule has 0 aliphatic heterocycles. The summed E-state index contributed by atoms with van der Waals surface area (Å²) in [7, 11) is 3.79. The molecule has 0 atom stereocenters. The molecule has 0 radical (unpaired) electrons. The number of nitrogens with zero attached hydrogens (tertiary/aromatic N) is 1. The third-order valence-corrected chi connectivity index (χ3v) is 5.82. The number of aryl methyl sites for hydroxylation is 2. The fourth-order valence-electron chi connectivity index (χ4n) is 4.15. The van der Waals surface area contributed by atoms with E-state index in [0.29, 0.717) is 12.2 Å². The molecule has 0 saturated heterocycles. The average Bonchev–Trinajstić information content (AvgIpc) is 2.87. The van der Waals surface area contributed by atoms with Crippen LogP contribution in [0, 0.1) is 6.92 Å². The van der Waals surface area contributed by atoms with Crippen LogP contribution in [-0.2, 0) is 31.2 Å². The van der Waals surface area contributed by atoms with Crippen LogP contribution in [0.2, 0.25) is 0 Å². The van der Waals surface area contributed by atoms with E-state index in [1.807, 2.05) is 0 Å². The Morgan fingerprint density at radius 3 is 2.89 bits per heavy atom. The molecule has 6 heteroatoms. The van der Waals surface area contributed by atoms with Crippen molar-refractivity contribution in [2.45, 2.75) is 32.7 Å². The first kappa shape index (κ1) is 18.8. The number of benzene rings is 1. The summed E-state index contributed by atoms with van der Waals surface area (Å²) in [4.78, 5) is 15.3. The Balaban J connectivity index is 1.81. The smallest absolute Gasteiger partial charge is 0.255 e. The number of H-pyrrole nitrogens is 1. The molecule has 6 nitrogen and oxygen atoms in total. The quantitative estimate of drug-likeness (QED) is 0.594. The first-order chi connectivity index (χ1) is 13.5. The third kappa shape index (κ3) is 3.12. The van der Waals surface area contributed by atoms with Gasteiger partial charge in [-0.2, -0.15) is 0 Å². The molecule has 0 spiro atoms. The van der Waals surface area contributed by atoms with Crippen molar-refractivity contribution in [1.82, 2.24) is 14.9 Å². The van der Waals surface area contributed by atoms with Crippen LogP contribution < -0.4 is 10.9 Å². The molecule has 1 aliphatic rings. The highest BCUT2D eigenvalue weighted by molar-refractivity contribution is 5.89. The molecule has 2 aromatic heterocycles. The van der Waals surface area contributed by atoms with Crippen LogP contribution in [0.25, 0.3) is 22.2 Å². The molecular weight excluding hydrogens is 354 g/mol. The van der Waals surface area contributed by atoms with E-state index in [2.05, 4.69) is 40.1 Å². The van der Waals surface area contributed by atoms with Gasteiger partial charge in [-0.15, -0.1) is 0 Å². The highest BCUT2D eigenvalue weighted by atomic mass is 16.5. The number of hydrogen-bond acceptors (Lipinski definition) is 4. The molecule has 0 unspecified atom stereocenters. The zero-order chi connectivity index (χ0) is 19.8. The Kier molecular flexibility index (Phi) is 5.00. The zero-order valence-electron chi connectivity index (χ0n) is 16.7. The minimum atomic E-state index is -0.222. The molecule has 1 aromatic carbocycles. The molecular formula is C22H27N3O3. The minimum Gasteiger partial charge on any atom is -0.507 e. The lowest BCUT2D eigenvalue weighted by Gasteiger charge is -2.13. The number of pyridine rings is 1. The van der Waals surface area contributed by atoms with Gasteiger partial charge in [0.2, 0.25) is 0 Å². The molecule has 0 bridgehead atoms. The summed E-state index contributed by atoms with van der Waals surface area (Å²) < 4.78 is 7.31. The van der Waals surface area contributed by atoms with Crippen molar-refractivity contribution in [3.63, 3.8) is 0 Å². The van der Waals surface area contributed by atoms with Gasteiger partial charge >= 0.3 is 0 Å². The van der Waals surface area contributed by atoms with Gasteiger partial charge in [0.05, 0.1) is 17.9 Å². The maximum Gasteiger partial charge on any atom is 0.255 e. The first-order valence-corrected chi connectivity index (χ1v) is 9.77. The van der Waals surface area contributed by atoms with Gasteiger partial charge in [0.15, 0.2) is 0 Å². The van der Waals surface area contributed by atoms with Crippen LogP contribution in [-0.4, -0.2) is 34.9 Å². The fourth-order valence-corrected chi connectivity index (χ4v) is 4.15. The van der Waals surface area contributed by atoms with Crippen LogP contribution in [0.15, 0.2) is 23.0 Å². The summed E-state index contributed by atoms with van der Waals surface area (Å²) in [5.41, 5.74) is 6.42. The predicted molar refractivity (Wildman–Crippen MR) is 111 cm³/mol. The van der Waals surface area contributed by atoms with Gasteiger partial charge in [-0.1, -0.05) is 0 Å². The Morgan fingerprint density at radius 1 is 1.29 bits per heavy atom. The van der Waals surface area contributed by atoms with Crippen molar-refractivity contribution in [3.05, 3.63) is 50.9 Å². The fraction of sp³-hybridized carbons (Fsp3) is 0.409. The number of aromatic amines is 1. The van der Waals surface area contributed by atoms with E-state index in [-0.39, 0.29) is 11.3 Å². The van der Waals surface area contributed by atoms with Gasteiger partial charge in [-0.05, 0) is 49.9 Å². The SMILES string of the molecule is COCCNCc1cc2cc3c(cc2n1C)CCCc1c-3[nH]c(=O)c(C)c1O. The number of hydrogen-bond donors (Lipinski definition) is 3. The van der Waals surface area contributed by atoms with Gasteiger partial charge in [-0.3, -0.25) is 4.79 Å². The van der Waals surface area contributed by atoms with Crippen molar-refractivity contribution >= 4 is 10.9 Å². The molecule has 1 aliphatic carbocycles. The van der Waals surface area contributed by atoms with Gasteiger partial charge < -0.3 is 24.7 Å². The second-order valence-electron chi connectivity index (χ2n) is 7.57. The van der Waals surface area contributed by atoms with Crippen molar-refractivity contribution < 1.29 is 9.84 Å². The van der Waals surface area contributed by atoms with Gasteiger partial charge in [-0.25, -0.2) is 0 Å². The summed E-state index contributed by atoms with van der Waals surface area (Å²) in [5, 5.41) is 15.1. The largest absolute Gasteiger partial charge is 0.507 e. The second-order valence-corrected chi connectivity index (χ2v) is 7.57. The maximum atomic E-state index is 12.3. The number of aromatic hydroxyl groups is 1. The van der Waals surface area contributed by atoms with E-state index in [1.54, 1.807) is 14.0 Å². The summed E-state index contributed by atoms with van der Waals surface area (Å²) in [6.45, 7) is 3.93. The normalized spacial score (nSPS) is 13.4. The molecule has 0 amide bonds. The van der Waals surface area contributed by atoms with Crippen LogP contribution in [0.1, 0.15) is 28.8 Å². The summed E-state index contributed by atoms with van der Waals surface area (Å²) in [5.74, 6) is 0.141. The summed E-state index contributed by atoms with van der Waals surface area (Å²) >= 11 is 0. The van der Waals surface area contributed by atoms with Gasteiger partial charge in [0.25, 0.3) is 5.56 Å². The van der Waals surface area contributed by atoms with Crippen LogP contribution in [0.4, 0.5) is 0 Å². The number of ether oxygens (including phenoxy) is 1. The molecule has 0 fully saturated rings. The lowest BCUT2D eigenvalue weighted by atomic mass is 9.98. The van der Waals surface area contributed by atoms with Crippen molar-refractivity contribution in [3.8, 4) is 17.0 Å². The second kappa shape index (κ2) is 7.45. The Morgan fingerprint density at radius 2 is 2.11 bits per heavy atom. The first-order valence-electron chi connectivity index (χ1n) is 9.77. The predicted octanol–water partition coefficient (Wildman–Crippen LogP) is 2.77. The summed E-state index contributed by atoms with van der Waals surface area (Å²) in [6.07, 6.45) is 2.63. The zero-order valence-corrected chi connectivity index (χ0v) is 16.7. The van der Waals surface area contributed by atoms with Crippen LogP contribution in [0.5, 0.6) is 5.75 Å². The topological polar surface area (TPSA) is 79.3 Å². The molecule has 0 saturated carbocycles. The van der Waals surface area contributed by atoms with E-state index in [4.69, 9.17) is 4.74 Å². The van der Waals surface area contributed by atoms with Gasteiger partial charge in [0.1, 0.15) is 5.75 Å². The Hall–Kier alpha value is -2.57. The van der Waals surface area contributed by atoms with E-state index in [9.17, 15) is 9.90 Å². The standard InChI is InChI=1S/C22H27N3O3/c1-13-21(26)17-6-4-5-14-11-19-15(10-18(14)20(17)24-22(13)27)9-16(25(19)2)12-23-7-8-28-3/h9-11,23H,4-8,12H2,1-3H3,(H2,24,26,27). The van der Waals surface area contributed by atoms with Crippen molar-refractivity contribution in [2.24, 2.45) is 7.05 Å². The Bertz CT molecular complexity index is 1090. The monoisotopic (exact) mass is 381 g/mol. The Labute approximate surface area is 164 Å². The summed E-state index contributed by atoms with van der Waals surface area (Å²) in [6, 6.07) is 6.57. The van der Waals surface area contributed by atoms with Crippen molar-refractivity contribution in [2.75, 3.05) is 20.3 Å². The number of fused-ring (bicyclic) bond motifs is 4. The van der Waals surface area contributed by atoms with Crippen LogP contribution >= 0.6 is 0 Å². The molecule has 3 aromatic rings. The lowest BCUT2D eigenvalue weighted by molar-refractivity contribution is 0.199. The molecule has 148 valence electrons. The van der Waals surface area contributed by atoms with Crippen LogP contribution in [0.3, 0.4) is 0 Å². The number of nitrogens with one attached hydrogen (secondary N) is 2. The molecule has 4 rings (SSSR count). The van der Waals surface area contributed by atoms with E-state index < -0.39 is 0 Å². The highest BCUT2D eigenvalue weighted by Gasteiger charge is 2.22. The van der Waals surface area contributed by atoms with Crippen molar-refractivity contribution in [1.29, 1.82) is 0 Å².